The van der Waals surface area contributed by atoms with Crippen LogP contribution < -0.4 is 5.32 Å². The van der Waals surface area contributed by atoms with E-state index in [4.69, 9.17) is 11.6 Å². The number of benzene rings is 1. The van der Waals surface area contributed by atoms with E-state index in [-0.39, 0.29) is 5.91 Å². The van der Waals surface area contributed by atoms with E-state index in [1.54, 1.807) is 11.8 Å². The molecule has 1 unspecified atom stereocenters. The Balaban J connectivity index is 2.20. The standard InChI is InChI=1S/C16H23ClN2OS/c1-18-9-8-12-5-3-4-10-19(12)16(20)14-11-13(21-2)6-7-15(14)17/h6-7,11-12,18H,3-5,8-10H2,1-2H3. The SMILES string of the molecule is CNCCC1CCCCN1C(=O)c1cc(SC)ccc1Cl. The Morgan fingerprint density at radius 3 is 3.00 bits per heavy atom. The fraction of sp³-hybridized carbons (Fsp3) is 0.562. The third-order valence-electron chi connectivity index (χ3n) is 4.02. The van der Waals surface area contributed by atoms with E-state index in [1.165, 1.54) is 6.42 Å². The predicted octanol–water partition coefficient (Wildman–Crippen LogP) is 3.67. The van der Waals surface area contributed by atoms with Crippen molar-refractivity contribution in [3.63, 3.8) is 0 Å². The first-order chi connectivity index (χ1) is 10.2. The molecule has 116 valence electrons. The molecule has 1 aromatic carbocycles. The molecule has 0 radical (unpaired) electrons. The number of rotatable bonds is 5. The first-order valence-corrected chi connectivity index (χ1v) is 9.06. The molecule has 3 nitrogen and oxygen atoms in total. The number of hydrogen-bond acceptors (Lipinski definition) is 3. The summed E-state index contributed by atoms with van der Waals surface area (Å²) >= 11 is 7.88. The average molecular weight is 327 g/mol. The quantitative estimate of drug-likeness (QED) is 0.838. The van der Waals surface area contributed by atoms with E-state index in [0.717, 1.165) is 37.2 Å². The first kappa shape index (κ1) is 16.7. The van der Waals surface area contributed by atoms with E-state index in [2.05, 4.69) is 5.32 Å². The Kier molecular flexibility index (Phi) is 6.40. The van der Waals surface area contributed by atoms with E-state index in [0.29, 0.717) is 16.6 Å². The van der Waals surface area contributed by atoms with Crippen molar-refractivity contribution in [1.29, 1.82) is 0 Å². The molecule has 1 saturated heterocycles. The number of nitrogens with one attached hydrogen (secondary N) is 1. The topological polar surface area (TPSA) is 32.3 Å². The lowest BCUT2D eigenvalue weighted by Crippen LogP contribution is -2.44. The van der Waals surface area contributed by atoms with Crippen LogP contribution in [0.2, 0.25) is 5.02 Å². The van der Waals surface area contributed by atoms with Crippen molar-refractivity contribution in [2.75, 3.05) is 26.4 Å². The lowest BCUT2D eigenvalue weighted by Gasteiger charge is -2.36. The van der Waals surface area contributed by atoms with Crippen molar-refractivity contribution in [3.8, 4) is 0 Å². The van der Waals surface area contributed by atoms with Crippen LogP contribution in [0.5, 0.6) is 0 Å². The van der Waals surface area contributed by atoms with E-state index >= 15 is 0 Å². The van der Waals surface area contributed by atoms with Crippen LogP contribution in [0.25, 0.3) is 0 Å². The highest BCUT2D eigenvalue weighted by Gasteiger charge is 2.28. The fourth-order valence-electron chi connectivity index (χ4n) is 2.83. The van der Waals surface area contributed by atoms with Crippen molar-refractivity contribution in [3.05, 3.63) is 28.8 Å². The van der Waals surface area contributed by atoms with Gasteiger partial charge in [-0.15, -0.1) is 11.8 Å². The second-order valence-corrected chi connectivity index (χ2v) is 6.67. The molecule has 0 bridgehead atoms. The summed E-state index contributed by atoms with van der Waals surface area (Å²) in [6.07, 6.45) is 6.39. The van der Waals surface area contributed by atoms with E-state index < -0.39 is 0 Å². The summed E-state index contributed by atoms with van der Waals surface area (Å²) in [5, 5.41) is 3.73. The normalized spacial score (nSPS) is 18.8. The summed E-state index contributed by atoms with van der Waals surface area (Å²) in [5.74, 6) is 0.0803. The molecule has 21 heavy (non-hydrogen) atoms. The number of amides is 1. The zero-order valence-electron chi connectivity index (χ0n) is 12.7. The number of piperidine rings is 1. The fourth-order valence-corrected chi connectivity index (χ4v) is 3.47. The van der Waals surface area contributed by atoms with Gasteiger partial charge in [-0.25, -0.2) is 0 Å². The van der Waals surface area contributed by atoms with Crippen LogP contribution in [-0.2, 0) is 0 Å². The molecule has 1 aliphatic heterocycles. The smallest absolute Gasteiger partial charge is 0.255 e. The second kappa shape index (κ2) is 8.06. The summed E-state index contributed by atoms with van der Waals surface area (Å²) < 4.78 is 0. The third kappa shape index (κ3) is 4.15. The van der Waals surface area contributed by atoms with Gasteiger partial charge in [0, 0.05) is 17.5 Å². The lowest BCUT2D eigenvalue weighted by molar-refractivity contribution is 0.0602. The lowest BCUT2D eigenvalue weighted by atomic mass is 9.98. The van der Waals surface area contributed by atoms with Gasteiger partial charge in [0.25, 0.3) is 5.91 Å². The van der Waals surface area contributed by atoms with Crippen molar-refractivity contribution < 1.29 is 4.79 Å². The van der Waals surface area contributed by atoms with E-state index in [1.807, 2.05) is 36.4 Å². The zero-order valence-corrected chi connectivity index (χ0v) is 14.3. The maximum Gasteiger partial charge on any atom is 0.255 e. The molecule has 0 saturated carbocycles. The maximum atomic E-state index is 12.9. The Morgan fingerprint density at radius 1 is 1.48 bits per heavy atom. The predicted molar refractivity (Wildman–Crippen MR) is 90.5 cm³/mol. The van der Waals surface area contributed by atoms with Crippen molar-refractivity contribution >= 4 is 29.3 Å². The van der Waals surface area contributed by atoms with Gasteiger partial charge in [0.15, 0.2) is 0 Å². The molecule has 2 rings (SSSR count). The molecule has 1 N–H and O–H groups in total. The van der Waals surface area contributed by atoms with Gasteiger partial charge in [-0.2, -0.15) is 0 Å². The Morgan fingerprint density at radius 2 is 2.29 bits per heavy atom. The molecular formula is C16H23ClN2OS. The Labute approximate surface area is 136 Å². The highest BCUT2D eigenvalue weighted by atomic mass is 35.5. The van der Waals surface area contributed by atoms with Crippen LogP contribution in [0, 0.1) is 0 Å². The molecule has 1 fully saturated rings. The van der Waals surface area contributed by atoms with Crippen LogP contribution in [0.4, 0.5) is 0 Å². The van der Waals surface area contributed by atoms with Crippen LogP contribution in [0.1, 0.15) is 36.0 Å². The van der Waals surface area contributed by atoms with Crippen LogP contribution >= 0.6 is 23.4 Å². The van der Waals surface area contributed by atoms with Gasteiger partial charge in [0.1, 0.15) is 0 Å². The molecule has 1 aliphatic rings. The van der Waals surface area contributed by atoms with Gasteiger partial charge in [0.2, 0.25) is 0 Å². The first-order valence-electron chi connectivity index (χ1n) is 7.46. The number of halogens is 1. The molecule has 1 aromatic rings. The largest absolute Gasteiger partial charge is 0.336 e. The maximum absolute atomic E-state index is 12.9. The molecule has 0 aromatic heterocycles. The number of nitrogens with zero attached hydrogens (tertiary/aromatic N) is 1. The van der Waals surface area contributed by atoms with Gasteiger partial charge in [-0.1, -0.05) is 11.6 Å². The highest BCUT2D eigenvalue weighted by molar-refractivity contribution is 7.98. The molecule has 1 amide bonds. The minimum Gasteiger partial charge on any atom is -0.336 e. The summed E-state index contributed by atoms with van der Waals surface area (Å²) in [5.41, 5.74) is 0.639. The number of carbonyl (C=O) groups is 1. The van der Waals surface area contributed by atoms with E-state index in [9.17, 15) is 4.79 Å². The van der Waals surface area contributed by atoms with Crippen molar-refractivity contribution in [1.82, 2.24) is 10.2 Å². The molecule has 0 aliphatic carbocycles. The third-order valence-corrected chi connectivity index (χ3v) is 5.07. The Bertz CT molecular complexity index is 495. The summed E-state index contributed by atoms with van der Waals surface area (Å²) in [6.45, 7) is 1.78. The number of hydrogen-bond donors (Lipinski definition) is 1. The molecular weight excluding hydrogens is 304 g/mol. The van der Waals surface area contributed by atoms with Gasteiger partial charge < -0.3 is 10.2 Å². The summed E-state index contributed by atoms with van der Waals surface area (Å²) in [6, 6.07) is 6.03. The van der Waals surface area contributed by atoms with Crippen molar-refractivity contribution in [2.45, 2.75) is 36.6 Å². The number of likely N-dealkylation sites (tertiary alicyclic amines) is 1. The van der Waals surface area contributed by atoms with Gasteiger partial charge >= 0.3 is 0 Å². The molecule has 0 spiro atoms. The van der Waals surface area contributed by atoms with Gasteiger partial charge in [-0.3, -0.25) is 4.79 Å². The second-order valence-electron chi connectivity index (χ2n) is 5.39. The van der Waals surface area contributed by atoms with Gasteiger partial charge in [0.05, 0.1) is 10.6 Å². The van der Waals surface area contributed by atoms with Crippen molar-refractivity contribution in [2.24, 2.45) is 0 Å². The van der Waals surface area contributed by atoms with Crippen LogP contribution in [-0.4, -0.2) is 43.2 Å². The molecule has 1 heterocycles. The highest BCUT2D eigenvalue weighted by Crippen LogP contribution is 2.27. The molecule has 1 atom stereocenters. The minimum atomic E-state index is 0.0803. The monoisotopic (exact) mass is 326 g/mol. The summed E-state index contributed by atoms with van der Waals surface area (Å²) in [7, 11) is 1.95. The summed E-state index contributed by atoms with van der Waals surface area (Å²) in [4.78, 5) is 16.0. The Hall–Kier alpha value is -0.710. The minimum absolute atomic E-state index is 0.0803. The van der Waals surface area contributed by atoms with Crippen LogP contribution in [0.3, 0.4) is 0 Å². The zero-order chi connectivity index (χ0) is 15.2. The number of thioether (sulfide) groups is 1. The van der Waals surface area contributed by atoms with Gasteiger partial charge in [-0.05, 0) is 63.7 Å². The average Bonchev–Trinajstić information content (AvgIpc) is 2.53. The molecule has 5 heteroatoms. The number of carbonyl (C=O) groups excluding carboxylic acids is 1. The van der Waals surface area contributed by atoms with Crippen LogP contribution in [0.15, 0.2) is 23.1 Å².